The van der Waals surface area contributed by atoms with E-state index in [1.165, 1.54) is 19.4 Å². The fourth-order valence-electron chi connectivity index (χ4n) is 2.39. The number of anilines is 2. The highest BCUT2D eigenvalue weighted by atomic mass is 35.5. The third-order valence-corrected chi connectivity index (χ3v) is 3.95. The first-order chi connectivity index (χ1) is 12.1. The van der Waals surface area contributed by atoms with Gasteiger partial charge >= 0.3 is 0 Å². The van der Waals surface area contributed by atoms with Gasteiger partial charge in [-0.15, -0.1) is 0 Å². The smallest absolute Gasteiger partial charge is 0.254 e. The topological polar surface area (TPSA) is 96.8 Å². The summed E-state index contributed by atoms with van der Waals surface area (Å²) < 4.78 is 10.3. The minimum Gasteiger partial charge on any atom is -0.506 e. The second-order valence-corrected chi connectivity index (χ2v) is 5.72. The van der Waals surface area contributed by atoms with E-state index in [4.69, 9.17) is 21.1 Å². The van der Waals surface area contributed by atoms with Gasteiger partial charge in [-0.2, -0.15) is 4.98 Å². The van der Waals surface area contributed by atoms with E-state index in [0.29, 0.717) is 37.6 Å². The van der Waals surface area contributed by atoms with E-state index in [1.54, 1.807) is 17.0 Å². The summed E-state index contributed by atoms with van der Waals surface area (Å²) in [6.07, 6.45) is 1.39. The third-order valence-electron chi connectivity index (χ3n) is 3.69. The van der Waals surface area contributed by atoms with Gasteiger partial charge in [-0.1, -0.05) is 11.6 Å². The number of hydrogen-bond acceptors (Lipinski definition) is 7. The number of methoxy groups -OCH3 is 1. The van der Waals surface area contributed by atoms with Gasteiger partial charge in [-0.3, -0.25) is 4.79 Å². The maximum atomic E-state index is 12.4. The monoisotopic (exact) mass is 364 g/mol. The Labute approximate surface area is 149 Å². The maximum Gasteiger partial charge on any atom is 0.254 e. The number of rotatable bonds is 4. The summed E-state index contributed by atoms with van der Waals surface area (Å²) in [4.78, 5) is 22.2. The number of hydrogen-bond donors (Lipinski definition) is 2. The Bertz CT molecular complexity index is 781. The largest absolute Gasteiger partial charge is 0.506 e. The Balaban J connectivity index is 1.76. The molecule has 1 aliphatic rings. The molecule has 3 rings (SSSR count). The first-order valence-corrected chi connectivity index (χ1v) is 8.00. The van der Waals surface area contributed by atoms with Crippen molar-refractivity contribution in [1.82, 2.24) is 14.9 Å². The standard InChI is InChI=1S/C16H17ClN4O4/c1-24-14-11(17)9-18-16(20-14)19-12-3-2-10(8-13(12)22)15(23)21-4-6-25-7-5-21/h2-3,8-9,22H,4-7H2,1H3,(H,18,19,20). The third kappa shape index (κ3) is 3.92. The van der Waals surface area contributed by atoms with E-state index >= 15 is 0 Å². The minimum absolute atomic E-state index is 0.0865. The fraction of sp³-hybridized carbons (Fsp3) is 0.312. The number of phenols is 1. The number of aromatic nitrogens is 2. The highest BCUT2D eigenvalue weighted by Gasteiger charge is 2.19. The number of aromatic hydroxyl groups is 1. The Kier molecular flexibility index (Phi) is 5.20. The molecule has 1 amide bonds. The molecule has 1 aromatic heterocycles. The molecule has 1 fully saturated rings. The average Bonchev–Trinajstić information content (AvgIpc) is 2.65. The Morgan fingerprint density at radius 1 is 1.40 bits per heavy atom. The number of nitrogens with zero attached hydrogens (tertiary/aromatic N) is 3. The summed E-state index contributed by atoms with van der Waals surface area (Å²) in [6.45, 7) is 2.12. The lowest BCUT2D eigenvalue weighted by Crippen LogP contribution is -2.40. The molecule has 2 aromatic rings. The van der Waals surface area contributed by atoms with Gasteiger partial charge in [-0.05, 0) is 18.2 Å². The van der Waals surface area contributed by atoms with Gasteiger partial charge in [0.2, 0.25) is 11.8 Å². The van der Waals surface area contributed by atoms with Gasteiger partial charge in [0.1, 0.15) is 10.8 Å². The molecule has 0 radical (unpaired) electrons. The van der Waals surface area contributed by atoms with Gasteiger partial charge < -0.3 is 24.8 Å². The van der Waals surface area contributed by atoms with Crippen LogP contribution in [-0.4, -0.2) is 59.3 Å². The fourth-order valence-corrected chi connectivity index (χ4v) is 2.56. The molecule has 1 saturated heterocycles. The summed E-state index contributed by atoms with van der Waals surface area (Å²) in [5.74, 6) is 0.202. The molecular formula is C16H17ClN4O4. The van der Waals surface area contributed by atoms with Crippen LogP contribution in [0, 0.1) is 0 Å². The summed E-state index contributed by atoms with van der Waals surface area (Å²) in [6, 6.07) is 4.63. The van der Waals surface area contributed by atoms with Gasteiger partial charge in [0.15, 0.2) is 0 Å². The number of halogens is 1. The number of nitrogens with one attached hydrogen (secondary N) is 1. The lowest BCUT2D eigenvalue weighted by atomic mass is 10.1. The first-order valence-electron chi connectivity index (χ1n) is 7.62. The van der Waals surface area contributed by atoms with Crippen LogP contribution in [0.25, 0.3) is 0 Å². The van der Waals surface area contributed by atoms with Crippen molar-refractivity contribution in [2.24, 2.45) is 0 Å². The van der Waals surface area contributed by atoms with Crippen LogP contribution in [0.3, 0.4) is 0 Å². The van der Waals surface area contributed by atoms with Crippen molar-refractivity contribution in [1.29, 1.82) is 0 Å². The Hall–Kier alpha value is -2.58. The van der Waals surface area contributed by atoms with Crippen LogP contribution in [0.1, 0.15) is 10.4 Å². The van der Waals surface area contributed by atoms with Gasteiger partial charge in [0.25, 0.3) is 5.91 Å². The maximum absolute atomic E-state index is 12.4. The van der Waals surface area contributed by atoms with E-state index in [-0.39, 0.29) is 28.5 Å². The van der Waals surface area contributed by atoms with Crippen molar-refractivity contribution in [2.45, 2.75) is 0 Å². The molecule has 0 spiro atoms. The highest BCUT2D eigenvalue weighted by molar-refractivity contribution is 6.31. The quantitative estimate of drug-likeness (QED) is 0.801. The van der Waals surface area contributed by atoms with Crippen LogP contribution in [-0.2, 0) is 4.74 Å². The number of amides is 1. The number of carbonyl (C=O) groups excluding carboxylic acids is 1. The van der Waals surface area contributed by atoms with Gasteiger partial charge in [0, 0.05) is 18.7 Å². The molecule has 1 aromatic carbocycles. The first kappa shape index (κ1) is 17.2. The number of benzene rings is 1. The van der Waals surface area contributed by atoms with Crippen LogP contribution in [0.5, 0.6) is 11.6 Å². The zero-order valence-electron chi connectivity index (χ0n) is 13.5. The lowest BCUT2D eigenvalue weighted by molar-refractivity contribution is 0.0302. The predicted molar refractivity (Wildman–Crippen MR) is 91.7 cm³/mol. The number of carbonyl (C=O) groups is 1. The highest BCUT2D eigenvalue weighted by Crippen LogP contribution is 2.29. The van der Waals surface area contributed by atoms with E-state index in [2.05, 4.69) is 15.3 Å². The molecule has 1 aliphatic heterocycles. The molecular weight excluding hydrogens is 348 g/mol. The molecule has 0 saturated carbocycles. The lowest BCUT2D eigenvalue weighted by Gasteiger charge is -2.27. The predicted octanol–water partition coefficient (Wildman–Crippen LogP) is 2.06. The summed E-state index contributed by atoms with van der Waals surface area (Å²) in [5, 5.41) is 13.4. The second-order valence-electron chi connectivity index (χ2n) is 5.31. The van der Waals surface area contributed by atoms with E-state index in [1.807, 2.05) is 0 Å². The van der Waals surface area contributed by atoms with Crippen molar-refractivity contribution < 1.29 is 19.4 Å². The molecule has 2 heterocycles. The van der Waals surface area contributed by atoms with Crippen molar-refractivity contribution in [3.05, 3.63) is 35.0 Å². The molecule has 2 N–H and O–H groups in total. The van der Waals surface area contributed by atoms with Crippen molar-refractivity contribution >= 4 is 29.1 Å². The van der Waals surface area contributed by atoms with Crippen molar-refractivity contribution in [2.75, 3.05) is 38.7 Å². The zero-order chi connectivity index (χ0) is 17.8. The molecule has 9 heteroatoms. The van der Waals surface area contributed by atoms with Crippen molar-refractivity contribution in [3.63, 3.8) is 0 Å². The Morgan fingerprint density at radius 2 is 2.16 bits per heavy atom. The number of ether oxygens (including phenoxy) is 2. The molecule has 0 bridgehead atoms. The zero-order valence-corrected chi connectivity index (χ0v) is 14.3. The molecule has 0 aliphatic carbocycles. The SMILES string of the molecule is COc1nc(Nc2ccc(C(=O)N3CCOCC3)cc2O)ncc1Cl. The van der Waals surface area contributed by atoms with Crippen LogP contribution in [0.4, 0.5) is 11.6 Å². The van der Waals surface area contributed by atoms with Crippen LogP contribution in [0.2, 0.25) is 5.02 Å². The van der Waals surface area contributed by atoms with Crippen molar-refractivity contribution in [3.8, 4) is 11.6 Å². The van der Waals surface area contributed by atoms with Crippen LogP contribution >= 0.6 is 11.6 Å². The minimum atomic E-state index is -0.144. The van der Waals surface area contributed by atoms with E-state index in [0.717, 1.165) is 0 Å². The van der Waals surface area contributed by atoms with Gasteiger partial charge in [-0.25, -0.2) is 4.98 Å². The Morgan fingerprint density at radius 3 is 2.84 bits per heavy atom. The summed E-state index contributed by atoms with van der Waals surface area (Å²) in [7, 11) is 1.45. The van der Waals surface area contributed by atoms with Gasteiger partial charge in [0.05, 0.1) is 32.2 Å². The molecule has 0 atom stereocenters. The van der Waals surface area contributed by atoms with Crippen LogP contribution in [0.15, 0.2) is 24.4 Å². The molecule has 0 unspecified atom stereocenters. The second kappa shape index (κ2) is 7.54. The summed E-state index contributed by atoms with van der Waals surface area (Å²) in [5.41, 5.74) is 0.766. The molecule has 25 heavy (non-hydrogen) atoms. The normalized spacial score (nSPS) is 14.2. The average molecular weight is 365 g/mol. The molecule has 132 valence electrons. The van der Waals surface area contributed by atoms with E-state index < -0.39 is 0 Å². The number of phenolic OH excluding ortho intramolecular Hbond substituents is 1. The number of morpholine rings is 1. The molecule has 8 nitrogen and oxygen atoms in total. The van der Waals surface area contributed by atoms with Crippen LogP contribution < -0.4 is 10.1 Å². The van der Waals surface area contributed by atoms with E-state index in [9.17, 15) is 9.90 Å². The summed E-state index contributed by atoms with van der Waals surface area (Å²) >= 11 is 5.88.